The topological polar surface area (TPSA) is 49.8 Å². The maximum absolute atomic E-state index is 12.5. The van der Waals surface area contributed by atoms with Crippen molar-refractivity contribution in [2.75, 3.05) is 26.3 Å². The van der Waals surface area contributed by atoms with Gasteiger partial charge in [-0.2, -0.15) is 13.2 Å². The third-order valence-corrected chi connectivity index (χ3v) is 2.23. The van der Waals surface area contributed by atoms with Crippen molar-refractivity contribution in [2.45, 2.75) is 18.6 Å². The van der Waals surface area contributed by atoms with Crippen LogP contribution in [-0.2, 0) is 9.53 Å². The van der Waals surface area contributed by atoms with Gasteiger partial charge in [-0.3, -0.25) is 9.69 Å². The number of aliphatic carboxylic acids is 1. The van der Waals surface area contributed by atoms with Crippen LogP contribution in [0.2, 0.25) is 0 Å². The molecule has 7 heteroatoms. The van der Waals surface area contributed by atoms with Gasteiger partial charge < -0.3 is 9.84 Å². The van der Waals surface area contributed by atoms with Crippen molar-refractivity contribution in [1.82, 2.24) is 4.90 Å². The van der Waals surface area contributed by atoms with Gasteiger partial charge in [-0.05, 0) is 0 Å². The zero-order valence-corrected chi connectivity index (χ0v) is 7.96. The first-order chi connectivity index (χ1) is 6.91. The minimum Gasteiger partial charge on any atom is -0.481 e. The Bertz CT molecular complexity index is 226. The molecule has 1 fully saturated rings. The number of nitrogens with zero attached hydrogens (tertiary/aromatic N) is 1. The summed E-state index contributed by atoms with van der Waals surface area (Å²) in [6.45, 7) is 0.674. The van der Waals surface area contributed by atoms with Crippen molar-refractivity contribution in [2.24, 2.45) is 0 Å². The molecule has 1 heterocycles. The van der Waals surface area contributed by atoms with Crippen molar-refractivity contribution < 1.29 is 27.8 Å². The molecule has 0 aromatic rings. The van der Waals surface area contributed by atoms with Gasteiger partial charge in [0.25, 0.3) is 0 Å². The monoisotopic (exact) mass is 227 g/mol. The van der Waals surface area contributed by atoms with Crippen LogP contribution in [0.1, 0.15) is 6.42 Å². The first-order valence-electron chi connectivity index (χ1n) is 4.51. The van der Waals surface area contributed by atoms with Crippen LogP contribution < -0.4 is 0 Å². The molecule has 1 N–H and O–H groups in total. The van der Waals surface area contributed by atoms with Crippen LogP contribution in [0.25, 0.3) is 0 Å². The Kier molecular flexibility index (Phi) is 3.92. The number of hydrogen-bond donors (Lipinski definition) is 1. The van der Waals surface area contributed by atoms with Crippen molar-refractivity contribution in [3.8, 4) is 0 Å². The van der Waals surface area contributed by atoms with Gasteiger partial charge in [0, 0.05) is 13.1 Å². The Morgan fingerprint density at radius 3 is 2.33 bits per heavy atom. The molecule has 1 rings (SSSR count). The van der Waals surface area contributed by atoms with E-state index in [0.29, 0.717) is 0 Å². The largest absolute Gasteiger partial charge is 0.481 e. The maximum Gasteiger partial charge on any atom is 0.404 e. The highest BCUT2D eigenvalue weighted by atomic mass is 19.4. The molecule has 0 radical (unpaired) electrons. The lowest BCUT2D eigenvalue weighted by atomic mass is 10.1. The lowest BCUT2D eigenvalue weighted by Gasteiger charge is -2.34. The number of carboxylic acid groups (broad SMARTS) is 1. The van der Waals surface area contributed by atoms with Gasteiger partial charge in [-0.25, -0.2) is 0 Å². The molecule has 4 nitrogen and oxygen atoms in total. The van der Waals surface area contributed by atoms with Crippen LogP contribution >= 0.6 is 0 Å². The minimum absolute atomic E-state index is 0.122. The van der Waals surface area contributed by atoms with Crippen molar-refractivity contribution >= 4 is 5.97 Å². The molecule has 15 heavy (non-hydrogen) atoms. The maximum atomic E-state index is 12.5. The first kappa shape index (κ1) is 12.3. The van der Waals surface area contributed by atoms with E-state index in [0.717, 1.165) is 4.90 Å². The van der Waals surface area contributed by atoms with Gasteiger partial charge in [0.15, 0.2) is 0 Å². The lowest BCUT2D eigenvalue weighted by molar-refractivity contribution is -0.197. The first-order valence-corrected chi connectivity index (χ1v) is 4.51. The van der Waals surface area contributed by atoms with Crippen LogP contribution in [0.15, 0.2) is 0 Å². The Hall–Kier alpha value is -0.820. The second-order valence-electron chi connectivity index (χ2n) is 3.30. The molecule has 1 aliphatic rings. The summed E-state index contributed by atoms with van der Waals surface area (Å²) < 4.78 is 42.5. The number of hydrogen-bond acceptors (Lipinski definition) is 3. The van der Waals surface area contributed by atoms with E-state index in [1.54, 1.807) is 0 Å². The number of carbonyl (C=O) groups is 1. The molecule has 0 amide bonds. The summed E-state index contributed by atoms with van der Waals surface area (Å²) in [5, 5.41) is 8.42. The summed E-state index contributed by atoms with van der Waals surface area (Å²) in [5.74, 6) is -1.44. The second-order valence-corrected chi connectivity index (χ2v) is 3.30. The van der Waals surface area contributed by atoms with E-state index in [-0.39, 0.29) is 26.3 Å². The Morgan fingerprint density at radius 1 is 1.40 bits per heavy atom. The van der Waals surface area contributed by atoms with Gasteiger partial charge in [0.2, 0.25) is 0 Å². The fourth-order valence-corrected chi connectivity index (χ4v) is 1.51. The number of ether oxygens (including phenoxy) is 1. The van der Waals surface area contributed by atoms with E-state index in [1.807, 2.05) is 0 Å². The van der Waals surface area contributed by atoms with E-state index in [2.05, 4.69) is 0 Å². The third-order valence-electron chi connectivity index (χ3n) is 2.23. The SMILES string of the molecule is O=C(O)CC(N1CCOCC1)C(F)(F)F. The number of halogens is 3. The van der Waals surface area contributed by atoms with E-state index in [4.69, 9.17) is 9.84 Å². The van der Waals surface area contributed by atoms with Crippen molar-refractivity contribution in [3.05, 3.63) is 0 Å². The molecule has 1 aliphatic heterocycles. The summed E-state index contributed by atoms with van der Waals surface area (Å²) in [6, 6.07) is -1.90. The van der Waals surface area contributed by atoms with E-state index >= 15 is 0 Å². The number of morpholine rings is 1. The number of alkyl halides is 3. The molecule has 0 aromatic heterocycles. The van der Waals surface area contributed by atoms with Gasteiger partial charge in [0.1, 0.15) is 6.04 Å². The molecule has 1 unspecified atom stereocenters. The predicted molar refractivity (Wildman–Crippen MR) is 44.5 cm³/mol. The molecule has 1 atom stereocenters. The fraction of sp³-hybridized carbons (Fsp3) is 0.875. The fourth-order valence-electron chi connectivity index (χ4n) is 1.51. The smallest absolute Gasteiger partial charge is 0.404 e. The van der Waals surface area contributed by atoms with E-state index in [1.165, 1.54) is 0 Å². The third kappa shape index (κ3) is 3.67. The van der Waals surface area contributed by atoms with Gasteiger partial charge >= 0.3 is 12.1 Å². The highest BCUT2D eigenvalue weighted by Gasteiger charge is 2.44. The van der Waals surface area contributed by atoms with Crippen LogP contribution in [0, 0.1) is 0 Å². The van der Waals surface area contributed by atoms with Crippen LogP contribution in [0.4, 0.5) is 13.2 Å². The average Bonchev–Trinajstić information content (AvgIpc) is 2.14. The van der Waals surface area contributed by atoms with Gasteiger partial charge in [0.05, 0.1) is 19.6 Å². The van der Waals surface area contributed by atoms with Crippen molar-refractivity contribution in [1.29, 1.82) is 0 Å². The highest BCUT2D eigenvalue weighted by Crippen LogP contribution is 2.27. The van der Waals surface area contributed by atoms with Crippen LogP contribution in [0.3, 0.4) is 0 Å². The van der Waals surface area contributed by atoms with E-state index < -0.39 is 24.6 Å². The predicted octanol–water partition coefficient (Wildman–Crippen LogP) is 0.724. The molecular weight excluding hydrogens is 215 g/mol. The Labute approximate surface area is 84.6 Å². The summed E-state index contributed by atoms with van der Waals surface area (Å²) in [6.07, 6.45) is -5.42. The highest BCUT2D eigenvalue weighted by molar-refractivity contribution is 5.67. The average molecular weight is 227 g/mol. The molecular formula is C8H12F3NO3. The van der Waals surface area contributed by atoms with Gasteiger partial charge in [-0.1, -0.05) is 0 Å². The second kappa shape index (κ2) is 4.80. The normalized spacial score (nSPS) is 21.3. The molecule has 0 saturated carbocycles. The van der Waals surface area contributed by atoms with Crippen LogP contribution in [0.5, 0.6) is 0 Å². The quantitative estimate of drug-likeness (QED) is 0.772. The molecule has 0 bridgehead atoms. The zero-order chi connectivity index (χ0) is 11.5. The lowest BCUT2D eigenvalue weighted by Crippen LogP contribution is -2.51. The summed E-state index contributed by atoms with van der Waals surface area (Å²) in [4.78, 5) is 11.4. The minimum atomic E-state index is -4.50. The molecule has 0 aromatic carbocycles. The summed E-state index contributed by atoms with van der Waals surface area (Å²) in [5.41, 5.74) is 0. The van der Waals surface area contributed by atoms with Gasteiger partial charge in [-0.15, -0.1) is 0 Å². The molecule has 88 valence electrons. The molecule has 0 aliphatic carbocycles. The zero-order valence-electron chi connectivity index (χ0n) is 7.96. The Balaban J connectivity index is 2.66. The Morgan fingerprint density at radius 2 is 1.93 bits per heavy atom. The van der Waals surface area contributed by atoms with Crippen molar-refractivity contribution in [3.63, 3.8) is 0 Å². The summed E-state index contributed by atoms with van der Waals surface area (Å²) >= 11 is 0. The number of rotatable bonds is 3. The molecule has 1 saturated heterocycles. The standard InChI is InChI=1S/C8H12F3NO3/c9-8(10,11)6(5-7(13)14)12-1-3-15-4-2-12/h6H,1-5H2,(H,13,14). The van der Waals surface area contributed by atoms with E-state index in [9.17, 15) is 18.0 Å². The summed E-state index contributed by atoms with van der Waals surface area (Å²) in [7, 11) is 0. The molecule has 0 spiro atoms. The number of carboxylic acids is 1. The van der Waals surface area contributed by atoms with Crippen LogP contribution in [-0.4, -0.2) is 54.5 Å².